The lowest BCUT2D eigenvalue weighted by atomic mass is 10.2. The molecular formula is C21H22Cl2N4O4S2. The van der Waals surface area contributed by atoms with Crippen LogP contribution in [0, 0.1) is 0 Å². The Bertz CT molecular complexity index is 1000. The van der Waals surface area contributed by atoms with Gasteiger partial charge in [0, 0.05) is 24.1 Å². The molecule has 0 radical (unpaired) electrons. The van der Waals surface area contributed by atoms with Crippen LogP contribution in [0.1, 0.15) is 17.5 Å². The highest BCUT2D eigenvalue weighted by Gasteiger charge is 2.19. The van der Waals surface area contributed by atoms with Crippen molar-refractivity contribution in [1.82, 2.24) is 20.9 Å². The first-order valence-electron chi connectivity index (χ1n) is 9.39. The second kappa shape index (κ2) is 12.0. The lowest BCUT2D eigenvalue weighted by molar-refractivity contribution is -0.132. The molecule has 2 N–H and O–H groups in total. The molecule has 0 aliphatic heterocycles. The number of hydrazine groups is 2. The average Bonchev–Trinajstić information content (AvgIpc) is 2.77. The van der Waals surface area contributed by atoms with Crippen molar-refractivity contribution in [2.45, 2.75) is 6.42 Å². The molecule has 2 amide bonds. The molecule has 8 nitrogen and oxygen atoms in total. The Morgan fingerprint density at radius 3 is 1.52 bits per heavy atom. The molecule has 0 aliphatic carbocycles. The molecule has 0 saturated carbocycles. The van der Waals surface area contributed by atoms with Gasteiger partial charge in [-0.15, -0.1) is 0 Å². The Balaban J connectivity index is 1.97. The van der Waals surface area contributed by atoms with Crippen LogP contribution in [0.25, 0.3) is 0 Å². The summed E-state index contributed by atoms with van der Waals surface area (Å²) in [4.78, 5) is 25.3. The third-order valence-corrected chi connectivity index (χ3v) is 5.76. The van der Waals surface area contributed by atoms with Crippen molar-refractivity contribution in [1.29, 1.82) is 0 Å². The maximum Gasteiger partial charge on any atom is 0.248 e. The van der Waals surface area contributed by atoms with E-state index in [0.29, 0.717) is 32.7 Å². The zero-order chi connectivity index (χ0) is 24.7. The van der Waals surface area contributed by atoms with Crippen LogP contribution in [0.4, 0.5) is 0 Å². The molecule has 0 bridgehead atoms. The van der Waals surface area contributed by atoms with Crippen molar-refractivity contribution < 1.29 is 19.1 Å². The average molecular weight is 529 g/mol. The van der Waals surface area contributed by atoms with E-state index in [2.05, 4.69) is 10.9 Å². The Hall–Kier alpha value is -2.66. The molecule has 0 spiro atoms. The van der Waals surface area contributed by atoms with E-state index < -0.39 is 18.2 Å². The number of hydrogen-bond donors (Lipinski definition) is 2. The van der Waals surface area contributed by atoms with Gasteiger partial charge >= 0.3 is 0 Å². The number of methoxy groups -OCH3 is 2. The van der Waals surface area contributed by atoms with Gasteiger partial charge in [-0.2, -0.15) is 0 Å². The third kappa shape index (κ3) is 7.16. The van der Waals surface area contributed by atoms with Gasteiger partial charge < -0.3 is 9.47 Å². The summed E-state index contributed by atoms with van der Waals surface area (Å²) in [5.74, 6) is -0.180. The van der Waals surface area contributed by atoms with Gasteiger partial charge in [0.2, 0.25) is 11.8 Å². The van der Waals surface area contributed by atoms with E-state index in [0.717, 1.165) is 0 Å². The van der Waals surface area contributed by atoms with Gasteiger partial charge in [0.25, 0.3) is 0 Å². The standard InChI is InChI=1S/C21H22Cl2N4O4S2/c1-26(20(32)14-9-12(22)5-7-16(14)30-3)24-18(28)11-19(29)25-27(2)21(33)15-10-13(23)6-8-17(15)31-4/h5-10H,11H2,1-4H3,(H,24,28)(H,25,29). The number of thiocarbonyl (C=S) groups is 2. The van der Waals surface area contributed by atoms with E-state index in [9.17, 15) is 9.59 Å². The zero-order valence-corrected chi connectivity index (χ0v) is 21.4. The van der Waals surface area contributed by atoms with Gasteiger partial charge in [0.05, 0.1) is 25.3 Å². The molecule has 0 unspecified atom stereocenters. The fourth-order valence-electron chi connectivity index (χ4n) is 2.76. The Morgan fingerprint density at radius 1 is 0.818 bits per heavy atom. The monoisotopic (exact) mass is 528 g/mol. The molecule has 0 heterocycles. The van der Waals surface area contributed by atoms with E-state index in [1.807, 2.05) is 0 Å². The van der Waals surface area contributed by atoms with Gasteiger partial charge in [0.15, 0.2) is 0 Å². The summed E-state index contributed by atoms with van der Waals surface area (Å²) < 4.78 is 10.6. The van der Waals surface area contributed by atoms with Crippen molar-refractivity contribution in [3.63, 3.8) is 0 Å². The molecule has 0 atom stereocenters. The molecule has 176 valence electrons. The Morgan fingerprint density at radius 2 is 1.18 bits per heavy atom. The first kappa shape index (κ1) is 26.6. The van der Waals surface area contributed by atoms with E-state index in [1.165, 1.54) is 24.2 Å². The van der Waals surface area contributed by atoms with E-state index in [-0.39, 0.29) is 9.98 Å². The lowest BCUT2D eigenvalue weighted by Crippen LogP contribution is -2.47. The van der Waals surface area contributed by atoms with E-state index in [1.54, 1.807) is 50.5 Å². The Labute approximate surface area is 212 Å². The van der Waals surface area contributed by atoms with Crippen LogP contribution in [0.15, 0.2) is 36.4 Å². The maximum absolute atomic E-state index is 12.4. The number of rotatable bonds is 6. The van der Waals surface area contributed by atoms with Crippen molar-refractivity contribution in [2.75, 3.05) is 28.3 Å². The summed E-state index contributed by atoms with van der Waals surface area (Å²) >= 11 is 22.9. The predicted octanol–water partition coefficient (Wildman–Crippen LogP) is 3.38. The van der Waals surface area contributed by atoms with Crippen molar-refractivity contribution >= 4 is 69.4 Å². The number of carbonyl (C=O) groups excluding carboxylic acids is 2. The van der Waals surface area contributed by atoms with Crippen LogP contribution in [0.2, 0.25) is 10.0 Å². The minimum absolute atomic E-state index is 0.259. The second-order valence-corrected chi connectivity index (χ2v) is 8.31. The van der Waals surface area contributed by atoms with E-state index in [4.69, 9.17) is 57.1 Å². The van der Waals surface area contributed by atoms with Gasteiger partial charge in [-0.3, -0.25) is 30.5 Å². The molecule has 0 aliphatic rings. The quantitative estimate of drug-likeness (QED) is 0.335. The Kier molecular flexibility index (Phi) is 9.66. The third-order valence-electron chi connectivity index (χ3n) is 4.30. The number of nitrogens with one attached hydrogen (secondary N) is 2. The normalized spacial score (nSPS) is 10.1. The summed E-state index contributed by atoms with van der Waals surface area (Å²) in [5, 5.41) is 3.54. The first-order valence-corrected chi connectivity index (χ1v) is 11.0. The highest BCUT2D eigenvalue weighted by atomic mass is 35.5. The zero-order valence-electron chi connectivity index (χ0n) is 18.3. The number of ether oxygens (including phenoxy) is 2. The molecule has 0 fully saturated rings. The molecule has 12 heteroatoms. The SMILES string of the molecule is COc1ccc(Cl)cc1C(=S)N(C)NC(=O)CC(=O)NN(C)C(=S)c1cc(Cl)ccc1OC. The molecule has 2 aromatic rings. The summed E-state index contributed by atoms with van der Waals surface area (Å²) in [6, 6.07) is 9.91. The molecule has 2 rings (SSSR count). The van der Waals surface area contributed by atoms with Gasteiger partial charge in [0.1, 0.15) is 27.9 Å². The number of nitrogens with zero attached hydrogens (tertiary/aromatic N) is 2. The highest BCUT2D eigenvalue weighted by Crippen LogP contribution is 2.25. The molecule has 33 heavy (non-hydrogen) atoms. The van der Waals surface area contributed by atoms with Crippen molar-refractivity contribution in [3.05, 3.63) is 57.6 Å². The maximum atomic E-state index is 12.4. The van der Waals surface area contributed by atoms with Crippen molar-refractivity contribution in [3.8, 4) is 11.5 Å². The molecular weight excluding hydrogens is 507 g/mol. The predicted molar refractivity (Wildman–Crippen MR) is 136 cm³/mol. The van der Waals surface area contributed by atoms with Crippen LogP contribution in [0.3, 0.4) is 0 Å². The number of amides is 2. The lowest BCUT2D eigenvalue weighted by Gasteiger charge is -2.24. The van der Waals surface area contributed by atoms with Crippen LogP contribution in [-0.4, -0.2) is 60.1 Å². The fraction of sp³-hybridized carbons (Fsp3) is 0.238. The van der Waals surface area contributed by atoms with Crippen molar-refractivity contribution in [2.24, 2.45) is 0 Å². The first-order chi connectivity index (χ1) is 15.6. The summed E-state index contributed by atoms with van der Waals surface area (Å²) in [5.41, 5.74) is 6.13. The number of hydrogen-bond acceptors (Lipinski definition) is 6. The summed E-state index contributed by atoms with van der Waals surface area (Å²) in [7, 11) is 6.09. The van der Waals surface area contributed by atoms with Gasteiger partial charge in [-0.1, -0.05) is 47.6 Å². The highest BCUT2D eigenvalue weighted by molar-refractivity contribution is 7.81. The molecule has 2 aromatic carbocycles. The largest absolute Gasteiger partial charge is 0.496 e. The number of carbonyl (C=O) groups is 2. The number of halogens is 2. The summed E-state index contributed by atoms with van der Waals surface area (Å²) in [6.07, 6.45) is -0.473. The van der Waals surface area contributed by atoms with E-state index >= 15 is 0 Å². The van der Waals surface area contributed by atoms with Gasteiger partial charge in [-0.05, 0) is 36.4 Å². The molecule has 0 saturated heterocycles. The van der Waals surface area contributed by atoms with Crippen LogP contribution in [0.5, 0.6) is 11.5 Å². The smallest absolute Gasteiger partial charge is 0.248 e. The number of benzene rings is 2. The van der Waals surface area contributed by atoms with Gasteiger partial charge in [-0.25, -0.2) is 0 Å². The summed E-state index contributed by atoms with van der Waals surface area (Å²) in [6.45, 7) is 0. The minimum Gasteiger partial charge on any atom is -0.496 e. The molecule has 0 aromatic heterocycles. The van der Waals surface area contributed by atoms with Crippen LogP contribution >= 0.6 is 47.6 Å². The minimum atomic E-state index is -0.585. The fourth-order valence-corrected chi connectivity index (χ4v) is 3.51. The second-order valence-electron chi connectivity index (χ2n) is 6.66. The van der Waals surface area contributed by atoms with Crippen LogP contribution < -0.4 is 20.3 Å². The topological polar surface area (TPSA) is 83.1 Å². The van der Waals surface area contributed by atoms with Crippen LogP contribution in [-0.2, 0) is 9.59 Å².